The lowest BCUT2D eigenvalue weighted by atomic mass is 10.1. The van der Waals surface area contributed by atoms with Gasteiger partial charge in [-0.25, -0.2) is 0 Å². The van der Waals surface area contributed by atoms with Gasteiger partial charge in [0.2, 0.25) is 5.91 Å². The van der Waals surface area contributed by atoms with Crippen LogP contribution in [0.2, 0.25) is 0 Å². The van der Waals surface area contributed by atoms with Crippen LogP contribution in [-0.2, 0) is 17.8 Å². The van der Waals surface area contributed by atoms with Crippen molar-refractivity contribution in [2.24, 2.45) is 0 Å². The summed E-state index contributed by atoms with van der Waals surface area (Å²) in [5.41, 5.74) is 2.29. The van der Waals surface area contributed by atoms with Crippen molar-refractivity contribution in [1.29, 1.82) is 0 Å². The van der Waals surface area contributed by atoms with Crippen LogP contribution in [0, 0.1) is 0 Å². The first kappa shape index (κ1) is 13.9. The van der Waals surface area contributed by atoms with E-state index in [1.165, 1.54) is 10.4 Å². The van der Waals surface area contributed by atoms with Gasteiger partial charge in [-0.3, -0.25) is 4.79 Å². The predicted octanol–water partition coefficient (Wildman–Crippen LogP) is 3.35. The summed E-state index contributed by atoms with van der Waals surface area (Å²) in [4.78, 5) is 15.6. The van der Waals surface area contributed by atoms with E-state index in [0.717, 1.165) is 30.8 Å². The van der Waals surface area contributed by atoms with Crippen molar-refractivity contribution < 1.29 is 9.53 Å². The van der Waals surface area contributed by atoms with E-state index in [2.05, 4.69) is 11.4 Å². The fraction of sp³-hybridized carbons (Fsp3) is 0.235. The Morgan fingerprint density at radius 3 is 2.86 bits per heavy atom. The minimum absolute atomic E-state index is 0.0719. The van der Waals surface area contributed by atoms with Gasteiger partial charge in [-0.15, -0.1) is 11.3 Å². The Balaban J connectivity index is 1.64. The van der Waals surface area contributed by atoms with Gasteiger partial charge in [0.25, 0.3) is 0 Å². The summed E-state index contributed by atoms with van der Waals surface area (Å²) in [5.74, 6) is 0.891. The molecule has 1 aliphatic heterocycles. The van der Waals surface area contributed by atoms with E-state index < -0.39 is 0 Å². The molecular weight excluding hydrogens is 282 g/mol. The maximum Gasteiger partial charge on any atom is 0.246 e. The minimum atomic E-state index is 0.0719. The van der Waals surface area contributed by atoms with Gasteiger partial charge in [0, 0.05) is 24.0 Å². The summed E-state index contributed by atoms with van der Waals surface area (Å²) in [5, 5.41) is 2.10. The Bertz CT molecular complexity index is 658. The van der Waals surface area contributed by atoms with Crippen molar-refractivity contribution in [2.75, 3.05) is 13.7 Å². The van der Waals surface area contributed by atoms with Gasteiger partial charge in [0.15, 0.2) is 0 Å². The zero-order valence-corrected chi connectivity index (χ0v) is 12.7. The van der Waals surface area contributed by atoms with Crippen LogP contribution in [0.4, 0.5) is 0 Å². The lowest BCUT2D eigenvalue weighted by Gasteiger charge is -2.25. The lowest BCUT2D eigenvalue weighted by Crippen LogP contribution is -2.34. The molecule has 21 heavy (non-hydrogen) atoms. The van der Waals surface area contributed by atoms with Crippen LogP contribution >= 0.6 is 11.3 Å². The van der Waals surface area contributed by atoms with E-state index in [4.69, 9.17) is 4.74 Å². The molecule has 0 bridgehead atoms. The third-order valence-electron chi connectivity index (χ3n) is 3.65. The van der Waals surface area contributed by atoms with E-state index in [1.807, 2.05) is 35.2 Å². The number of benzene rings is 1. The number of hydrogen-bond acceptors (Lipinski definition) is 3. The van der Waals surface area contributed by atoms with Gasteiger partial charge < -0.3 is 9.64 Å². The van der Waals surface area contributed by atoms with Crippen molar-refractivity contribution in [3.05, 3.63) is 57.8 Å². The number of carbonyl (C=O) groups is 1. The fourth-order valence-electron chi connectivity index (χ4n) is 2.42. The Morgan fingerprint density at radius 1 is 1.29 bits per heavy atom. The van der Waals surface area contributed by atoms with Crippen molar-refractivity contribution in [3.8, 4) is 5.75 Å². The van der Waals surface area contributed by atoms with Gasteiger partial charge in [0.05, 0.1) is 7.11 Å². The van der Waals surface area contributed by atoms with Crippen LogP contribution in [0.1, 0.15) is 16.0 Å². The number of methoxy groups -OCH3 is 1. The molecule has 4 heteroatoms. The second-order valence-corrected chi connectivity index (χ2v) is 5.99. The monoisotopic (exact) mass is 299 g/mol. The average molecular weight is 299 g/mol. The molecule has 1 aromatic heterocycles. The summed E-state index contributed by atoms with van der Waals surface area (Å²) < 4.78 is 5.12. The maximum atomic E-state index is 12.2. The Labute approximate surface area is 128 Å². The first-order chi connectivity index (χ1) is 10.3. The molecule has 0 radical (unpaired) electrons. The quantitative estimate of drug-likeness (QED) is 0.813. The van der Waals surface area contributed by atoms with E-state index in [1.54, 1.807) is 24.5 Å². The first-order valence-electron chi connectivity index (χ1n) is 6.92. The number of fused-ring (bicyclic) bond motifs is 1. The summed E-state index contributed by atoms with van der Waals surface area (Å²) in [6, 6.07) is 9.78. The van der Waals surface area contributed by atoms with E-state index in [-0.39, 0.29) is 5.91 Å². The van der Waals surface area contributed by atoms with Gasteiger partial charge >= 0.3 is 0 Å². The molecule has 3 nitrogen and oxygen atoms in total. The van der Waals surface area contributed by atoms with Crippen molar-refractivity contribution >= 4 is 23.3 Å². The fourth-order valence-corrected chi connectivity index (χ4v) is 3.31. The molecule has 1 amide bonds. The molecule has 1 aromatic carbocycles. The zero-order chi connectivity index (χ0) is 14.7. The van der Waals surface area contributed by atoms with Gasteiger partial charge in [0.1, 0.15) is 5.75 Å². The molecule has 0 spiro atoms. The number of hydrogen-bond donors (Lipinski definition) is 0. The summed E-state index contributed by atoms with van der Waals surface area (Å²) in [6.07, 6.45) is 4.47. The highest BCUT2D eigenvalue weighted by Crippen LogP contribution is 2.24. The zero-order valence-electron chi connectivity index (χ0n) is 11.9. The molecule has 108 valence electrons. The van der Waals surface area contributed by atoms with Crippen molar-refractivity contribution in [3.63, 3.8) is 0 Å². The molecule has 3 rings (SSSR count). The predicted molar refractivity (Wildman–Crippen MR) is 85.5 cm³/mol. The maximum absolute atomic E-state index is 12.2. The van der Waals surface area contributed by atoms with Crippen molar-refractivity contribution in [2.45, 2.75) is 13.0 Å². The molecule has 0 aliphatic carbocycles. The van der Waals surface area contributed by atoms with Crippen LogP contribution in [0.15, 0.2) is 41.8 Å². The van der Waals surface area contributed by atoms with Gasteiger partial charge in [-0.2, -0.15) is 0 Å². The first-order valence-corrected chi connectivity index (χ1v) is 7.80. The Hall–Kier alpha value is -2.07. The number of thiophene rings is 1. The van der Waals surface area contributed by atoms with Crippen LogP contribution in [-0.4, -0.2) is 24.5 Å². The normalized spacial score (nSPS) is 14.2. The van der Waals surface area contributed by atoms with Crippen LogP contribution in [0.3, 0.4) is 0 Å². The number of ether oxygens (including phenoxy) is 1. The molecule has 0 unspecified atom stereocenters. The standard InChI is InChI=1S/C17H17NO2S/c1-20-15-5-2-13(3-6-15)4-7-17(19)18-10-8-16-14(12-18)9-11-21-16/h2-7,9,11H,8,10,12H2,1H3. The Morgan fingerprint density at radius 2 is 2.10 bits per heavy atom. The number of amides is 1. The van der Waals surface area contributed by atoms with Crippen molar-refractivity contribution in [1.82, 2.24) is 4.90 Å². The van der Waals surface area contributed by atoms with Crippen LogP contribution in [0.25, 0.3) is 6.08 Å². The number of nitrogens with zero attached hydrogens (tertiary/aromatic N) is 1. The molecule has 0 atom stereocenters. The number of rotatable bonds is 3. The molecular formula is C17H17NO2S. The van der Waals surface area contributed by atoms with Crippen LogP contribution < -0.4 is 4.74 Å². The third-order valence-corrected chi connectivity index (χ3v) is 4.68. The highest BCUT2D eigenvalue weighted by atomic mass is 32.1. The summed E-state index contributed by atoms with van der Waals surface area (Å²) in [7, 11) is 1.64. The summed E-state index contributed by atoms with van der Waals surface area (Å²) in [6.45, 7) is 1.53. The average Bonchev–Trinajstić information content (AvgIpc) is 3.00. The SMILES string of the molecule is COc1ccc(C=CC(=O)N2CCc3sccc3C2)cc1. The van der Waals surface area contributed by atoms with E-state index in [9.17, 15) is 4.79 Å². The number of carbonyl (C=O) groups excluding carboxylic acids is 1. The second-order valence-electron chi connectivity index (χ2n) is 4.99. The van der Waals surface area contributed by atoms with Crippen LogP contribution in [0.5, 0.6) is 5.75 Å². The van der Waals surface area contributed by atoms with Gasteiger partial charge in [-0.1, -0.05) is 12.1 Å². The smallest absolute Gasteiger partial charge is 0.246 e. The summed E-state index contributed by atoms with van der Waals surface area (Å²) >= 11 is 1.78. The second kappa shape index (κ2) is 6.14. The highest BCUT2D eigenvalue weighted by molar-refractivity contribution is 7.10. The molecule has 0 N–H and O–H groups in total. The topological polar surface area (TPSA) is 29.5 Å². The van der Waals surface area contributed by atoms with E-state index in [0.29, 0.717) is 0 Å². The molecule has 0 saturated carbocycles. The molecule has 0 saturated heterocycles. The molecule has 1 aliphatic rings. The third kappa shape index (κ3) is 3.16. The minimum Gasteiger partial charge on any atom is -0.497 e. The lowest BCUT2D eigenvalue weighted by molar-refractivity contribution is -0.126. The largest absolute Gasteiger partial charge is 0.497 e. The molecule has 2 aromatic rings. The van der Waals surface area contributed by atoms with E-state index >= 15 is 0 Å². The van der Waals surface area contributed by atoms with Gasteiger partial charge in [-0.05, 0) is 47.2 Å². The molecule has 2 heterocycles. The molecule has 0 fully saturated rings. The highest BCUT2D eigenvalue weighted by Gasteiger charge is 2.19. The Kier molecular flexibility index (Phi) is 4.06.